The van der Waals surface area contributed by atoms with Crippen molar-refractivity contribution in [3.8, 4) is 0 Å². The molecule has 0 radical (unpaired) electrons. The Labute approximate surface area is 100 Å². The summed E-state index contributed by atoms with van der Waals surface area (Å²) in [5.74, 6) is 0.0982. The van der Waals surface area contributed by atoms with Crippen LogP contribution < -0.4 is 10.2 Å². The molecule has 2 N–H and O–H groups in total. The van der Waals surface area contributed by atoms with E-state index in [9.17, 15) is 9.90 Å². The second-order valence-corrected chi connectivity index (χ2v) is 4.20. The molecule has 2 rings (SSSR count). The summed E-state index contributed by atoms with van der Waals surface area (Å²) in [4.78, 5) is 17.5. The van der Waals surface area contributed by atoms with Crippen LogP contribution in [0.25, 0.3) is 0 Å². The number of pyridine rings is 1. The molecule has 1 aliphatic heterocycles. The fourth-order valence-corrected chi connectivity index (χ4v) is 1.86. The fraction of sp³-hybridized carbons (Fsp3) is 0.500. The molecule has 1 fully saturated rings. The lowest BCUT2D eigenvalue weighted by Gasteiger charge is -2.21. The molecule has 2 heterocycles. The maximum atomic E-state index is 11.2. The molecule has 1 saturated heterocycles. The van der Waals surface area contributed by atoms with Crippen LogP contribution in [0.5, 0.6) is 0 Å². The Kier molecular flexibility index (Phi) is 3.58. The number of aliphatic hydroxyl groups excluding tert-OH is 1. The van der Waals surface area contributed by atoms with Crippen molar-refractivity contribution >= 4 is 11.6 Å². The maximum absolute atomic E-state index is 11.2. The smallest absolute Gasteiger partial charge is 0.221 e. The first kappa shape index (κ1) is 11.9. The van der Waals surface area contributed by atoms with Gasteiger partial charge >= 0.3 is 0 Å². The van der Waals surface area contributed by atoms with Crippen LogP contribution in [0.2, 0.25) is 0 Å². The van der Waals surface area contributed by atoms with Crippen LogP contribution in [0.15, 0.2) is 18.3 Å². The van der Waals surface area contributed by atoms with E-state index in [-0.39, 0.29) is 5.91 Å². The predicted molar refractivity (Wildman–Crippen MR) is 64.7 cm³/mol. The number of aliphatic hydroxyl groups is 1. The Morgan fingerprint density at radius 2 is 2.29 bits per heavy atom. The van der Waals surface area contributed by atoms with Gasteiger partial charge in [0.1, 0.15) is 0 Å². The summed E-state index contributed by atoms with van der Waals surface area (Å²) < 4.78 is 0. The fourth-order valence-electron chi connectivity index (χ4n) is 1.86. The minimum atomic E-state index is -0.545. The zero-order valence-corrected chi connectivity index (χ0v) is 9.89. The third-order valence-corrected chi connectivity index (χ3v) is 2.88. The standard InChI is InChI=1S/C12H17N3O2/c1-9(16)11-3-2-10(8-14-11)15-6-4-12(17)13-5-7-15/h2-3,8-9,16H,4-7H2,1H3,(H,13,17). The minimum Gasteiger partial charge on any atom is -0.387 e. The Morgan fingerprint density at radius 3 is 2.94 bits per heavy atom. The third-order valence-electron chi connectivity index (χ3n) is 2.88. The number of nitrogens with one attached hydrogen (secondary N) is 1. The van der Waals surface area contributed by atoms with Gasteiger partial charge in [0.15, 0.2) is 0 Å². The normalized spacial score (nSPS) is 18.5. The van der Waals surface area contributed by atoms with Crippen molar-refractivity contribution < 1.29 is 9.90 Å². The summed E-state index contributed by atoms with van der Waals surface area (Å²) in [5.41, 5.74) is 1.66. The highest BCUT2D eigenvalue weighted by Gasteiger charge is 2.14. The Hall–Kier alpha value is -1.62. The van der Waals surface area contributed by atoms with Gasteiger partial charge in [0.2, 0.25) is 5.91 Å². The molecular weight excluding hydrogens is 218 g/mol. The molecular formula is C12H17N3O2. The molecule has 5 heteroatoms. The van der Waals surface area contributed by atoms with Gasteiger partial charge in [-0.25, -0.2) is 0 Å². The van der Waals surface area contributed by atoms with E-state index in [0.717, 1.165) is 12.2 Å². The molecule has 1 aliphatic rings. The van der Waals surface area contributed by atoms with Gasteiger partial charge < -0.3 is 15.3 Å². The van der Waals surface area contributed by atoms with Crippen molar-refractivity contribution in [2.75, 3.05) is 24.5 Å². The van der Waals surface area contributed by atoms with Crippen molar-refractivity contribution in [2.24, 2.45) is 0 Å². The second-order valence-electron chi connectivity index (χ2n) is 4.20. The number of nitrogens with zero attached hydrogens (tertiary/aromatic N) is 2. The first-order chi connectivity index (χ1) is 8.16. The van der Waals surface area contributed by atoms with Crippen LogP contribution in [0.1, 0.15) is 25.1 Å². The van der Waals surface area contributed by atoms with Gasteiger partial charge in [0.05, 0.1) is 23.7 Å². The maximum Gasteiger partial charge on any atom is 0.221 e. The number of hydrogen-bond donors (Lipinski definition) is 2. The molecule has 1 atom stereocenters. The van der Waals surface area contributed by atoms with E-state index in [1.165, 1.54) is 0 Å². The highest BCUT2D eigenvalue weighted by molar-refractivity contribution is 5.77. The highest BCUT2D eigenvalue weighted by Crippen LogP contribution is 2.17. The average molecular weight is 235 g/mol. The van der Waals surface area contributed by atoms with E-state index < -0.39 is 6.10 Å². The van der Waals surface area contributed by atoms with Gasteiger partial charge in [0, 0.05) is 26.1 Å². The number of hydrogen-bond acceptors (Lipinski definition) is 4. The van der Waals surface area contributed by atoms with E-state index in [1.807, 2.05) is 12.1 Å². The summed E-state index contributed by atoms with van der Waals surface area (Å²) in [6.07, 6.45) is 1.71. The van der Waals surface area contributed by atoms with E-state index >= 15 is 0 Å². The zero-order valence-electron chi connectivity index (χ0n) is 9.89. The van der Waals surface area contributed by atoms with Crippen LogP contribution in [0.3, 0.4) is 0 Å². The third kappa shape index (κ3) is 2.94. The van der Waals surface area contributed by atoms with Gasteiger partial charge in [-0.2, -0.15) is 0 Å². The Bertz CT molecular complexity index is 389. The van der Waals surface area contributed by atoms with Crippen LogP contribution in [0.4, 0.5) is 5.69 Å². The SMILES string of the molecule is CC(O)c1ccc(N2CCNC(=O)CC2)cn1. The minimum absolute atomic E-state index is 0.0982. The largest absolute Gasteiger partial charge is 0.387 e. The van der Waals surface area contributed by atoms with Crippen molar-refractivity contribution in [3.63, 3.8) is 0 Å². The first-order valence-electron chi connectivity index (χ1n) is 5.82. The van der Waals surface area contributed by atoms with Gasteiger partial charge in [-0.1, -0.05) is 0 Å². The van der Waals surface area contributed by atoms with Gasteiger partial charge in [-0.15, -0.1) is 0 Å². The van der Waals surface area contributed by atoms with E-state index in [1.54, 1.807) is 13.1 Å². The van der Waals surface area contributed by atoms with Gasteiger partial charge in [-0.05, 0) is 19.1 Å². The average Bonchev–Trinajstić information content (AvgIpc) is 2.54. The quantitative estimate of drug-likeness (QED) is 0.781. The number of anilines is 1. The number of amides is 1. The van der Waals surface area contributed by atoms with Gasteiger partial charge in [0.25, 0.3) is 0 Å². The summed E-state index contributed by atoms with van der Waals surface area (Å²) in [6.45, 7) is 3.86. The lowest BCUT2D eigenvalue weighted by Crippen LogP contribution is -2.28. The van der Waals surface area contributed by atoms with E-state index in [4.69, 9.17) is 0 Å². The van der Waals surface area contributed by atoms with Gasteiger partial charge in [-0.3, -0.25) is 9.78 Å². The molecule has 0 aromatic carbocycles. The number of carbonyl (C=O) groups excluding carboxylic acids is 1. The number of rotatable bonds is 2. The topological polar surface area (TPSA) is 65.5 Å². The van der Waals surface area contributed by atoms with Crippen molar-refractivity contribution in [3.05, 3.63) is 24.0 Å². The molecule has 92 valence electrons. The van der Waals surface area contributed by atoms with Crippen LogP contribution in [0, 0.1) is 0 Å². The Morgan fingerprint density at radius 1 is 1.47 bits per heavy atom. The molecule has 1 aromatic rings. The Balaban J connectivity index is 2.08. The summed E-state index contributed by atoms with van der Waals surface area (Å²) in [6, 6.07) is 3.75. The number of carbonyl (C=O) groups is 1. The van der Waals surface area contributed by atoms with Crippen LogP contribution in [-0.4, -0.2) is 35.6 Å². The molecule has 1 aromatic heterocycles. The molecule has 0 saturated carbocycles. The van der Waals surface area contributed by atoms with Crippen LogP contribution >= 0.6 is 0 Å². The predicted octanol–water partition coefficient (Wildman–Crippen LogP) is 0.461. The van der Waals surface area contributed by atoms with E-state index in [0.29, 0.717) is 25.2 Å². The molecule has 5 nitrogen and oxygen atoms in total. The highest BCUT2D eigenvalue weighted by atomic mass is 16.3. The van der Waals surface area contributed by atoms with Crippen molar-refractivity contribution in [2.45, 2.75) is 19.4 Å². The van der Waals surface area contributed by atoms with Crippen molar-refractivity contribution in [1.29, 1.82) is 0 Å². The second kappa shape index (κ2) is 5.14. The molecule has 0 bridgehead atoms. The molecule has 1 unspecified atom stereocenters. The van der Waals surface area contributed by atoms with E-state index in [2.05, 4.69) is 15.2 Å². The summed E-state index contributed by atoms with van der Waals surface area (Å²) in [7, 11) is 0. The summed E-state index contributed by atoms with van der Waals surface area (Å²) in [5, 5.41) is 12.2. The molecule has 0 aliphatic carbocycles. The lowest BCUT2D eigenvalue weighted by atomic mass is 10.2. The first-order valence-corrected chi connectivity index (χ1v) is 5.82. The molecule has 1 amide bonds. The molecule has 0 spiro atoms. The lowest BCUT2D eigenvalue weighted by molar-refractivity contribution is -0.120. The zero-order chi connectivity index (χ0) is 12.3. The summed E-state index contributed by atoms with van der Waals surface area (Å²) >= 11 is 0. The number of aromatic nitrogens is 1. The molecule has 17 heavy (non-hydrogen) atoms. The monoisotopic (exact) mass is 235 g/mol. The van der Waals surface area contributed by atoms with Crippen molar-refractivity contribution in [1.82, 2.24) is 10.3 Å². The van der Waals surface area contributed by atoms with Crippen LogP contribution in [-0.2, 0) is 4.79 Å².